The summed E-state index contributed by atoms with van der Waals surface area (Å²) in [4.78, 5) is 19.9. The number of nitrogens with zero attached hydrogens (tertiary/aromatic N) is 5. The molecular formula is C26H27F2N5O4. The Labute approximate surface area is 212 Å². The standard InChI is InChI=1S/C26H27F2N5O4/c1-25(2,3)37-24(34)32-17-11-18(12-21(32)26(27,28)13-17)36-22-7-6-20-19-5-4-16(33-29-8-9-30-33)10-15(19)14-35-23(20)31-22/h4-10,17-18,21H,11-14H2,1-3H3. The van der Waals surface area contributed by atoms with Crippen molar-refractivity contribution in [1.29, 1.82) is 0 Å². The number of rotatable bonds is 3. The number of halogens is 2. The topological polar surface area (TPSA) is 91.6 Å². The van der Waals surface area contributed by atoms with E-state index in [4.69, 9.17) is 14.2 Å². The number of hydrogen-bond donors (Lipinski definition) is 0. The third-order valence-electron chi connectivity index (χ3n) is 6.87. The Balaban J connectivity index is 1.19. The van der Waals surface area contributed by atoms with Gasteiger partial charge in [-0.3, -0.25) is 4.90 Å². The number of piperidine rings is 1. The maximum absolute atomic E-state index is 14.8. The van der Waals surface area contributed by atoms with Crippen LogP contribution in [-0.2, 0) is 11.3 Å². The van der Waals surface area contributed by atoms with E-state index in [9.17, 15) is 13.6 Å². The molecule has 194 valence electrons. The molecule has 11 heteroatoms. The quantitative estimate of drug-likeness (QED) is 0.500. The smallest absolute Gasteiger partial charge is 0.411 e. The lowest BCUT2D eigenvalue weighted by atomic mass is 9.98. The van der Waals surface area contributed by atoms with Gasteiger partial charge in [-0.05, 0) is 50.1 Å². The van der Waals surface area contributed by atoms with E-state index in [2.05, 4.69) is 15.2 Å². The van der Waals surface area contributed by atoms with Crippen molar-refractivity contribution < 1.29 is 27.8 Å². The molecule has 3 aliphatic rings. The Morgan fingerprint density at radius 3 is 2.59 bits per heavy atom. The highest BCUT2D eigenvalue weighted by Gasteiger charge is 2.60. The number of hydrogen-bond acceptors (Lipinski definition) is 7. The molecule has 0 N–H and O–H groups in total. The van der Waals surface area contributed by atoms with Crippen molar-refractivity contribution >= 4 is 6.09 Å². The zero-order valence-corrected chi connectivity index (χ0v) is 20.7. The molecule has 6 rings (SSSR count). The average molecular weight is 512 g/mol. The van der Waals surface area contributed by atoms with E-state index in [1.165, 1.54) is 9.70 Å². The summed E-state index contributed by atoms with van der Waals surface area (Å²) in [7, 11) is 0. The highest BCUT2D eigenvalue weighted by molar-refractivity contribution is 5.75. The van der Waals surface area contributed by atoms with Gasteiger partial charge in [0.1, 0.15) is 24.4 Å². The van der Waals surface area contributed by atoms with Crippen LogP contribution in [0, 0.1) is 0 Å². The maximum atomic E-state index is 14.8. The molecule has 1 aromatic carbocycles. The number of alkyl halides is 2. The van der Waals surface area contributed by atoms with Gasteiger partial charge >= 0.3 is 6.09 Å². The Morgan fingerprint density at radius 2 is 1.86 bits per heavy atom. The van der Waals surface area contributed by atoms with Crippen molar-refractivity contribution in [2.24, 2.45) is 0 Å². The maximum Gasteiger partial charge on any atom is 0.411 e. The van der Waals surface area contributed by atoms with Crippen molar-refractivity contribution in [1.82, 2.24) is 24.9 Å². The Morgan fingerprint density at radius 1 is 1.11 bits per heavy atom. The first kappa shape index (κ1) is 23.6. The molecule has 2 saturated heterocycles. The minimum absolute atomic E-state index is 0.00453. The normalized spacial score (nSPS) is 23.6. The number of aromatic nitrogens is 4. The monoisotopic (exact) mass is 511 g/mol. The van der Waals surface area contributed by atoms with E-state index in [0.717, 1.165) is 22.4 Å². The number of amides is 1. The SMILES string of the molecule is CC(C)(C)OC(=O)N1C2CC(Oc3ccc4c(n3)OCc3cc(-n5nccn5)ccc3-4)CC1C(F)(F)C2. The molecule has 0 saturated carbocycles. The number of carbonyl (C=O) groups excluding carboxylic acids is 1. The summed E-state index contributed by atoms with van der Waals surface area (Å²) in [6.45, 7) is 5.48. The van der Waals surface area contributed by atoms with Crippen LogP contribution in [0.15, 0.2) is 42.7 Å². The van der Waals surface area contributed by atoms with Crippen molar-refractivity contribution in [3.63, 3.8) is 0 Å². The van der Waals surface area contributed by atoms with Crippen molar-refractivity contribution in [3.05, 3.63) is 48.3 Å². The van der Waals surface area contributed by atoms with Crippen molar-refractivity contribution in [2.75, 3.05) is 0 Å². The van der Waals surface area contributed by atoms with Gasteiger partial charge in [-0.2, -0.15) is 20.0 Å². The van der Waals surface area contributed by atoms with Gasteiger partial charge in [0.05, 0.1) is 18.1 Å². The number of carbonyl (C=O) groups is 1. The summed E-state index contributed by atoms with van der Waals surface area (Å²) < 4.78 is 46.9. The molecule has 3 aliphatic heterocycles. The van der Waals surface area contributed by atoms with Gasteiger partial charge in [-0.15, -0.1) is 0 Å². The fourth-order valence-corrected chi connectivity index (χ4v) is 5.38. The van der Waals surface area contributed by atoms with E-state index in [0.29, 0.717) is 18.4 Å². The van der Waals surface area contributed by atoms with Crippen LogP contribution in [0.1, 0.15) is 45.6 Å². The van der Waals surface area contributed by atoms with E-state index < -0.39 is 42.2 Å². The molecule has 5 heterocycles. The van der Waals surface area contributed by atoms with E-state index >= 15 is 0 Å². The van der Waals surface area contributed by atoms with Gasteiger partial charge < -0.3 is 14.2 Å². The molecule has 0 spiro atoms. The summed E-state index contributed by atoms with van der Waals surface area (Å²) in [6.07, 6.45) is 1.89. The van der Waals surface area contributed by atoms with Crippen LogP contribution < -0.4 is 9.47 Å². The van der Waals surface area contributed by atoms with Crippen molar-refractivity contribution in [3.8, 4) is 28.6 Å². The first-order valence-electron chi connectivity index (χ1n) is 12.3. The molecule has 1 amide bonds. The van der Waals surface area contributed by atoms with Crippen LogP contribution >= 0.6 is 0 Å². The zero-order valence-electron chi connectivity index (χ0n) is 20.7. The molecule has 2 bridgehead atoms. The van der Waals surface area contributed by atoms with Gasteiger partial charge in [-0.25, -0.2) is 13.6 Å². The number of ether oxygens (including phenoxy) is 3. The summed E-state index contributed by atoms with van der Waals surface area (Å²) in [6, 6.07) is 7.52. The summed E-state index contributed by atoms with van der Waals surface area (Å²) in [5.41, 5.74) is 2.85. The van der Waals surface area contributed by atoms with E-state index in [1.807, 2.05) is 24.3 Å². The van der Waals surface area contributed by atoms with Crippen LogP contribution in [0.25, 0.3) is 16.8 Å². The molecule has 0 radical (unpaired) electrons. The first-order valence-corrected chi connectivity index (χ1v) is 12.3. The molecular weight excluding hydrogens is 484 g/mol. The van der Waals surface area contributed by atoms with Crippen LogP contribution in [0.5, 0.6) is 11.8 Å². The van der Waals surface area contributed by atoms with Gasteiger partial charge in [0.2, 0.25) is 11.8 Å². The van der Waals surface area contributed by atoms with Gasteiger partial charge in [0.15, 0.2) is 0 Å². The fraction of sp³-hybridized carbons (Fsp3) is 0.462. The first-order chi connectivity index (χ1) is 17.6. The van der Waals surface area contributed by atoms with Crippen LogP contribution in [0.2, 0.25) is 0 Å². The van der Waals surface area contributed by atoms with Crippen LogP contribution in [-0.4, -0.2) is 60.7 Å². The third-order valence-corrected chi connectivity index (χ3v) is 6.87. The Hall–Kier alpha value is -3.76. The molecule has 3 unspecified atom stereocenters. The Kier molecular flexibility index (Phi) is 5.36. The molecule has 9 nitrogen and oxygen atoms in total. The predicted octanol–water partition coefficient (Wildman–Crippen LogP) is 4.78. The van der Waals surface area contributed by atoms with Crippen LogP contribution in [0.3, 0.4) is 0 Å². The second kappa shape index (κ2) is 8.39. The highest BCUT2D eigenvalue weighted by Crippen LogP contribution is 2.47. The summed E-state index contributed by atoms with van der Waals surface area (Å²) >= 11 is 0. The van der Waals surface area contributed by atoms with E-state index in [1.54, 1.807) is 39.2 Å². The van der Waals surface area contributed by atoms with Gasteiger partial charge in [0.25, 0.3) is 5.92 Å². The largest absolute Gasteiger partial charge is 0.474 e. The molecule has 0 aliphatic carbocycles. The molecule has 3 aromatic rings. The number of benzene rings is 1. The van der Waals surface area contributed by atoms with Crippen LogP contribution in [0.4, 0.5) is 13.6 Å². The Bertz CT molecular complexity index is 1340. The number of pyridine rings is 1. The second-order valence-corrected chi connectivity index (χ2v) is 10.7. The minimum Gasteiger partial charge on any atom is -0.474 e. The minimum atomic E-state index is -3.00. The second-order valence-electron chi connectivity index (χ2n) is 10.7. The highest BCUT2D eigenvalue weighted by atomic mass is 19.3. The van der Waals surface area contributed by atoms with Gasteiger partial charge in [-0.1, -0.05) is 6.07 Å². The van der Waals surface area contributed by atoms with Gasteiger partial charge in [0, 0.05) is 36.9 Å². The summed E-state index contributed by atoms with van der Waals surface area (Å²) in [5.74, 6) is -2.27. The number of fused-ring (bicyclic) bond motifs is 5. The van der Waals surface area contributed by atoms with Crippen molar-refractivity contribution in [2.45, 2.75) is 76.4 Å². The lowest BCUT2D eigenvalue weighted by molar-refractivity contribution is -0.0608. The van der Waals surface area contributed by atoms with E-state index in [-0.39, 0.29) is 12.8 Å². The zero-order chi connectivity index (χ0) is 25.9. The molecule has 37 heavy (non-hydrogen) atoms. The predicted molar refractivity (Wildman–Crippen MR) is 128 cm³/mol. The lowest BCUT2D eigenvalue weighted by Gasteiger charge is -2.39. The summed E-state index contributed by atoms with van der Waals surface area (Å²) in [5, 5.41) is 8.32. The molecule has 3 atom stereocenters. The fourth-order valence-electron chi connectivity index (χ4n) is 5.38. The third kappa shape index (κ3) is 4.36. The average Bonchev–Trinajstić information content (AvgIpc) is 3.41. The molecule has 2 fully saturated rings. The molecule has 2 aromatic heterocycles. The lowest BCUT2D eigenvalue weighted by Crippen LogP contribution is -2.53.